The minimum Gasteiger partial charge on any atom is -0.467 e. The number of amides is 3. The molecule has 0 aliphatic carbocycles. The minimum atomic E-state index is -1.16. The molecule has 1 atom stereocenters. The van der Waals surface area contributed by atoms with E-state index >= 15 is 0 Å². The van der Waals surface area contributed by atoms with Crippen molar-refractivity contribution in [1.29, 1.82) is 0 Å². The molecule has 0 bridgehead atoms. The summed E-state index contributed by atoms with van der Waals surface area (Å²) in [6.45, 7) is -0.256. The molecule has 33 heavy (non-hydrogen) atoms. The first-order valence-electron chi connectivity index (χ1n) is 9.99. The van der Waals surface area contributed by atoms with Gasteiger partial charge in [0, 0.05) is 30.2 Å². The normalized spacial score (nSPS) is 11.4. The van der Waals surface area contributed by atoms with Crippen LogP contribution in [0, 0.1) is 0 Å². The van der Waals surface area contributed by atoms with Crippen molar-refractivity contribution in [3.05, 3.63) is 71.4 Å². The van der Waals surface area contributed by atoms with Gasteiger partial charge in [-0.2, -0.15) is 0 Å². The average molecular weight is 471 g/mol. The first kappa shape index (κ1) is 23.8. The predicted octanol–water partition coefficient (Wildman–Crippen LogP) is 3.82. The van der Waals surface area contributed by atoms with Gasteiger partial charge in [0.1, 0.15) is 12.4 Å². The van der Waals surface area contributed by atoms with Crippen molar-refractivity contribution >= 4 is 46.3 Å². The van der Waals surface area contributed by atoms with Crippen molar-refractivity contribution in [3.8, 4) is 0 Å². The Labute approximate surface area is 195 Å². The van der Waals surface area contributed by atoms with E-state index in [0.717, 1.165) is 15.7 Å². The van der Waals surface area contributed by atoms with E-state index in [4.69, 9.17) is 21.1 Å². The molecule has 10 heteroatoms. The molecule has 2 N–H and O–H groups in total. The zero-order chi connectivity index (χ0) is 23.8. The third-order valence-electron chi connectivity index (χ3n) is 4.88. The lowest BCUT2D eigenvalue weighted by Gasteiger charge is -2.26. The Morgan fingerprint density at radius 3 is 2.52 bits per heavy atom. The van der Waals surface area contributed by atoms with Crippen molar-refractivity contribution in [2.24, 2.45) is 0 Å². The highest BCUT2D eigenvalue weighted by Crippen LogP contribution is 2.17. The van der Waals surface area contributed by atoms with E-state index in [-0.39, 0.29) is 6.54 Å². The number of ether oxygens (including phenoxy) is 2. The van der Waals surface area contributed by atoms with Gasteiger partial charge < -0.3 is 19.7 Å². The van der Waals surface area contributed by atoms with E-state index in [1.807, 2.05) is 24.3 Å². The summed E-state index contributed by atoms with van der Waals surface area (Å²) in [4.78, 5) is 42.3. The van der Waals surface area contributed by atoms with Crippen molar-refractivity contribution in [2.75, 3.05) is 26.1 Å². The van der Waals surface area contributed by atoms with Crippen molar-refractivity contribution < 1.29 is 23.9 Å². The number of likely N-dealkylation sites (N-methyl/N-ethyl adjacent to an activating group) is 1. The van der Waals surface area contributed by atoms with Crippen LogP contribution in [-0.4, -0.2) is 54.8 Å². The second-order valence-electron chi connectivity index (χ2n) is 7.04. The number of carbonyl (C=O) groups excluding carboxylic acids is 3. The first-order chi connectivity index (χ1) is 15.9. The number of nitrogens with one attached hydrogen (secondary N) is 2. The number of fused-ring (bicyclic) bond motifs is 1. The molecule has 9 nitrogen and oxygen atoms in total. The highest BCUT2D eigenvalue weighted by Gasteiger charge is 2.29. The smallest absolute Gasteiger partial charge is 0.412 e. The molecular formula is C23H23ClN4O5. The van der Waals surface area contributed by atoms with Gasteiger partial charge in [0.2, 0.25) is 0 Å². The van der Waals surface area contributed by atoms with Crippen LogP contribution in [0.2, 0.25) is 5.02 Å². The van der Waals surface area contributed by atoms with Crippen LogP contribution in [0.1, 0.15) is 5.56 Å². The summed E-state index contributed by atoms with van der Waals surface area (Å²) in [7, 11) is 2.58. The van der Waals surface area contributed by atoms with E-state index in [1.165, 1.54) is 14.2 Å². The molecule has 172 valence electrons. The highest BCUT2D eigenvalue weighted by atomic mass is 35.5. The molecular weight excluding hydrogens is 448 g/mol. The van der Waals surface area contributed by atoms with Gasteiger partial charge >= 0.3 is 18.1 Å². The number of hydrogen-bond donors (Lipinski definition) is 2. The van der Waals surface area contributed by atoms with Gasteiger partial charge in [-0.3, -0.25) is 5.32 Å². The van der Waals surface area contributed by atoms with E-state index in [9.17, 15) is 14.4 Å². The Morgan fingerprint density at radius 2 is 1.79 bits per heavy atom. The number of benzene rings is 2. The van der Waals surface area contributed by atoms with E-state index in [1.54, 1.807) is 36.5 Å². The van der Waals surface area contributed by atoms with Gasteiger partial charge in [0.25, 0.3) is 0 Å². The molecule has 0 unspecified atom stereocenters. The van der Waals surface area contributed by atoms with Crippen LogP contribution in [0.25, 0.3) is 10.8 Å². The number of carbonyl (C=O) groups is 3. The number of aromatic nitrogens is 1. The molecule has 3 aromatic rings. The summed E-state index contributed by atoms with van der Waals surface area (Å²) >= 11 is 6.10. The minimum absolute atomic E-state index is 0.158. The largest absolute Gasteiger partial charge is 0.467 e. The molecule has 0 saturated heterocycles. The molecule has 0 spiro atoms. The summed E-state index contributed by atoms with van der Waals surface area (Å²) in [5.74, 6) is -0.443. The second-order valence-corrected chi connectivity index (χ2v) is 7.45. The van der Waals surface area contributed by atoms with Crippen LogP contribution in [0.5, 0.6) is 0 Å². The molecule has 0 fully saturated rings. The molecule has 0 saturated carbocycles. The zero-order valence-electron chi connectivity index (χ0n) is 18.1. The van der Waals surface area contributed by atoms with E-state index in [0.29, 0.717) is 16.4 Å². The monoisotopic (exact) mass is 470 g/mol. The fourth-order valence-corrected chi connectivity index (χ4v) is 3.20. The number of pyridine rings is 1. The van der Waals surface area contributed by atoms with Crippen LogP contribution < -0.4 is 10.6 Å². The van der Waals surface area contributed by atoms with Crippen LogP contribution in [0.3, 0.4) is 0 Å². The summed E-state index contributed by atoms with van der Waals surface area (Å²) in [6.07, 6.45) is 0.802. The predicted molar refractivity (Wildman–Crippen MR) is 124 cm³/mol. The zero-order valence-corrected chi connectivity index (χ0v) is 18.8. The Balaban J connectivity index is 1.58. The number of rotatable bonds is 7. The molecule has 2 aromatic carbocycles. The lowest BCUT2D eigenvalue weighted by Crippen LogP contribution is -2.50. The van der Waals surface area contributed by atoms with Gasteiger partial charge in [-0.25, -0.2) is 19.4 Å². The molecule has 1 aromatic heterocycles. The number of anilines is 1. The number of esters is 1. The third-order valence-corrected chi connectivity index (χ3v) is 5.25. The van der Waals surface area contributed by atoms with Gasteiger partial charge in [-0.15, -0.1) is 0 Å². The highest BCUT2D eigenvalue weighted by molar-refractivity contribution is 6.31. The molecule has 0 radical (unpaired) electrons. The van der Waals surface area contributed by atoms with E-state index in [2.05, 4.69) is 15.6 Å². The topological polar surface area (TPSA) is 110 Å². The maximum atomic E-state index is 12.5. The molecule has 3 rings (SSSR count). The van der Waals surface area contributed by atoms with Crippen LogP contribution in [-0.2, 0) is 20.8 Å². The number of halogens is 1. The van der Waals surface area contributed by atoms with Gasteiger partial charge in [-0.05, 0) is 23.1 Å². The SMILES string of the molecule is COC(=O)[C@@H](COC(=O)Nc1cc2ccccc2cn1)N(C)C(=O)NCc1ccccc1Cl. The van der Waals surface area contributed by atoms with E-state index < -0.39 is 30.7 Å². The van der Waals surface area contributed by atoms with Crippen molar-refractivity contribution in [1.82, 2.24) is 15.2 Å². The molecule has 1 heterocycles. The van der Waals surface area contributed by atoms with Gasteiger partial charge in [0.05, 0.1) is 7.11 Å². The molecule has 0 aliphatic heterocycles. The van der Waals surface area contributed by atoms with Crippen LogP contribution >= 0.6 is 11.6 Å². The number of methoxy groups -OCH3 is 1. The average Bonchev–Trinajstić information content (AvgIpc) is 2.83. The Morgan fingerprint density at radius 1 is 1.09 bits per heavy atom. The number of nitrogens with zero attached hydrogens (tertiary/aromatic N) is 2. The number of hydrogen-bond acceptors (Lipinski definition) is 6. The maximum absolute atomic E-state index is 12.5. The fraction of sp³-hybridized carbons (Fsp3) is 0.217. The molecule has 3 amide bonds. The van der Waals surface area contributed by atoms with Gasteiger partial charge in [0.15, 0.2) is 6.04 Å². The van der Waals surface area contributed by atoms with Gasteiger partial charge in [-0.1, -0.05) is 54.1 Å². The Kier molecular flexibility index (Phi) is 8.04. The lowest BCUT2D eigenvalue weighted by molar-refractivity contribution is -0.146. The lowest BCUT2D eigenvalue weighted by atomic mass is 10.2. The number of urea groups is 1. The Bertz CT molecular complexity index is 1160. The fourth-order valence-electron chi connectivity index (χ4n) is 3.00. The third kappa shape index (κ3) is 6.33. The van der Waals surface area contributed by atoms with Crippen LogP contribution in [0.4, 0.5) is 15.4 Å². The molecule has 0 aliphatic rings. The summed E-state index contributed by atoms with van der Waals surface area (Å²) in [5.41, 5.74) is 0.717. The Hall–Kier alpha value is -3.85. The standard InChI is InChI=1S/C23H23ClN4O5/c1-28(22(30)26-13-17-9-5-6-10-18(17)24)19(21(29)32-2)14-33-23(31)27-20-11-15-7-3-4-8-16(15)12-25-20/h3-12,19H,13-14H2,1-2H3,(H,26,30)(H,25,27,31)/t19-/m1/s1. The van der Waals surface area contributed by atoms with Crippen molar-refractivity contribution in [2.45, 2.75) is 12.6 Å². The summed E-state index contributed by atoms with van der Waals surface area (Å²) in [6, 6.07) is 14.6. The van der Waals surface area contributed by atoms with Crippen LogP contribution in [0.15, 0.2) is 60.8 Å². The second kappa shape index (κ2) is 11.1. The van der Waals surface area contributed by atoms with Crippen molar-refractivity contribution in [3.63, 3.8) is 0 Å². The maximum Gasteiger partial charge on any atom is 0.412 e. The quantitative estimate of drug-likeness (QED) is 0.508. The summed E-state index contributed by atoms with van der Waals surface area (Å²) in [5, 5.41) is 7.50. The first-order valence-corrected chi connectivity index (χ1v) is 10.4. The summed E-state index contributed by atoms with van der Waals surface area (Å²) < 4.78 is 9.92.